The average Bonchev–Trinajstić information content (AvgIpc) is 2.74. The van der Waals surface area contributed by atoms with Crippen LogP contribution in [0, 0.1) is 5.41 Å². The van der Waals surface area contributed by atoms with E-state index in [-0.39, 0.29) is 0 Å². The third-order valence-electron chi connectivity index (χ3n) is 1.94. The van der Waals surface area contributed by atoms with Crippen molar-refractivity contribution in [1.29, 1.82) is 5.41 Å². The van der Waals surface area contributed by atoms with Crippen LogP contribution >= 0.6 is 11.6 Å². The maximum absolute atomic E-state index is 7.00. The van der Waals surface area contributed by atoms with Gasteiger partial charge in [0, 0.05) is 5.02 Å². The molecule has 0 aliphatic carbocycles. The summed E-state index contributed by atoms with van der Waals surface area (Å²) < 4.78 is 5.26. The van der Waals surface area contributed by atoms with Crippen molar-refractivity contribution in [2.75, 3.05) is 0 Å². The summed E-state index contributed by atoms with van der Waals surface area (Å²) in [6, 6.07) is 10.7. The van der Waals surface area contributed by atoms with Crippen molar-refractivity contribution >= 4 is 29.7 Å². The maximum atomic E-state index is 7.00. The van der Waals surface area contributed by atoms with Crippen LogP contribution in [-0.2, 0) is 0 Å². The Hall–Kier alpha value is -1.87. The van der Waals surface area contributed by atoms with E-state index in [1.807, 2.05) is 12.1 Å². The van der Waals surface area contributed by atoms with E-state index >= 15 is 0 Å². The Bertz CT molecular complexity index is 531. The normalized spacial score (nSPS) is 10.8. The summed E-state index contributed by atoms with van der Waals surface area (Å²) in [7, 11) is 0. The highest BCUT2D eigenvalue weighted by Crippen LogP contribution is 2.17. The van der Waals surface area contributed by atoms with E-state index in [9.17, 15) is 0 Å². The van der Waals surface area contributed by atoms with Gasteiger partial charge < -0.3 is 9.83 Å². The number of hydrogen-bond acceptors (Lipinski definition) is 3. The first-order valence-corrected chi connectivity index (χ1v) is 5.06. The van der Waals surface area contributed by atoms with Gasteiger partial charge in [-0.1, -0.05) is 17.7 Å². The van der Waals surface area contributed by atoms with Gasteiger partial charge in [0.1, 0.15) is 11.5 Å². The van der Waals surface area contributed by atoms with E-state index in [0.717, 1.165) is 11.9 Å². The van der Waals surface area contributed by atoms with Crippen LogP contribution in [0.3, 0.4) is 0 Å². The van der Waals surface area contributed by atoms with Crippen molar-refractivity contribution in [2.24, 2.45) is 4.99 Å². The first-order valence-electron chi connectivity index (χ1n) is 4.68. The molecule has 1 heterocycles. The molecule has 1 aromatic heterocycles. The van der Waals surface area contributed by atoms with Crippen LogP contribution in [0.4, 0.5) is 5.69 Å². The fourth-order valence-corrected chi connectivity index (χ4v) is 1.39. The Balaban J connectivity index is 2.17. The van der Waals surface area contributed by atoms with Gasteiger partial charge in [0.15, 0.2) is 0 Å². The molecule has 0 fully saturated rings. The van der Waals surface area contributed by atoms with Gasteiger partial charge in [-0.3, -0.25) is 4.99 Å². The number of aliphatic imine (C=N–C) groups is 1. The minimum atomic E-state index is 0.507. The molecule has 0 amide bonds. The standard InChI is InChI=1S/C12H9ClN2O/c13-9-2-1-3-10(6-9)15-8-12-5-4-11(7-14)16-12/h1-8,14H. The Morgan fingerprint density at radius 2 is 2.00 bits per heavy atom. The third kappa shape index (κ3) is 2.58. The van der Waals surface area contributed by atoms with Crippen LogP contribution in [0.1, 0.15) is 11.5 Å². The van der Waals surface area contributed by atoms with Gasteiger partial charge in [0.2, 0.25) is 0 Å². The van der Waals surface area contributed by atoms with Crippen LogP contribution in [-0.4, -0.2) is 12.4 Å². The predicted octanol–water partition coefficient (Wildman–Crippen LogP) is 3.68. The van der Waals surface area contributed by atoms with Crippen LogP contribution in [0.15, 0.2) is 45.8 Å². The molecule has 3 nitrogen and oxygen atoms in total. The zero-order chi connectivity index (χ0) is 11.4. The third-order valence-corrected chi connectivity index (χ3v) is 2.17. The van der Waals surface area contributed by atoms with Gasteiger partial charge in [0.25, 0.3) is 0 Å². The molecule has 1 aromatic carbocycles. The number of hydrogen-bond donors (Lipinski definition) is 1. The van der Waals surface area contributed by atoms with Crippen molar-refractivity contribution in [3.05, 3.63) is 52.9 Å². The van der Waals surface area contributed by atoms with Gasteiger partial charge in [-0.25, -0.2) is 0 Å². The Morgan fingerprint density at radius 3 is 2.69 bits per heavy atom. The molecule has 0 bridgehead atoms. The summed E-state index contributed by atoms with van der Waals surface area (Å²) in [6.07, 6.45) is 2.75. The molecular formula is C12H9ClN2O. The molecule has 0 spiro atoms. The molecule has 0 unspecified atom stereocenters. The van der Waals surface area contributed by atoms with E-state index in [1.54, 1.807) is 30.5 Å². The topological polar surface area (TPSA) is 49.4 Å². The SMILES string of the molecule is N=Cc1ccc(C=Nc2cccc(Cl)c2)o1. The van der Waals surface area contributed by atoms with Crippen molar-refractivity contribution in [3.8, 4) is 0 Å². The smallest absolute Gasteiger partial charge is 0.145 e. The Morgan fingerprint density at radius 1 is 1.19 bits per heavy atom. The molecule has 4 heteroatoms. The van der Waals surface area contributed by atoms with E-state index < -0.39 is 0 Å². The lowest BCUT2D eigenvalue weighted by Gasteiger charge is -1.92. The molecule has 2 aromatic rings. The quantitative estimate of drug-likeness (QED) is 0.807. The molecule has 80 valence electrons. The number of rotatable bonds is 3. The predicted molar refractivity (Wildman–Crippen MR) is 65.3 cm³/mol. The minimum Gasteiger partial charge on any atom is -0.454 e. The summed E-state index contributed by atoms with van der Waals surface area (Å²) in [5, 5.41) is 7.65. The lowest BCUT2D eigenvalue weighted by molar-refractivity contribution is 0.553. The number of nitrogens with one attached hydrogen (secondary N) is 1. The van der Waals surface area contributed by atoms with E-state index in [2.05, 4.69) is 4.99 Å². The molecule has 0 aliphatic rings. The number of halogens is 1. The largest absolute Gasteiger partial charge is 0.454 e. The molecule has 2 rings (SSSR count). The van der Waals surface area contributed by atoms with Crippen molar-refractivity contribution in [1.82, 2.24) is 0 Å². The highest BCUT2D eigenvalue weighted by atomic mass is 35.5. The Labute approximate surface area is 97.9 Å². The van der Waals surface area contributed by atoms with Gasteiger partial charge in [-0.2, -0.15) is 0 Å². The van der Waals surface area contributed by atoms with Gasteiger partial charge >= 0.3 is 0 Å². The number of nitrogens with zero attached hydrogens (tertiary/aromatic N) is 1. The summed E-state index contributed by atoms with van der Waals surface area (Å²) in [4.78, 5) is 4.21. The summed E-state index contributed by atoms with van der Waals surface area (Å²) in [5.41, 5.74) is 0.764. The monoisotopic (exact) mass is 232 g/mol. The van der Waals surface area contributed by atoms with Gasteiger partial charge in [-0.15, -0.1) is 0 Å². The van der Waals surface area contributed by atoms with Gasteiger partial charge in [-0.05, 0) is 30.3 Å². The molecule has 0 saturated heterocycles. The first kappa shape index (κ1) is 10.6. The highest BCUT2D eigenvalue weighted by molar-refractivity contribution is 6.30. The summed E-state index contributed by atoms with van der Waals surface area (Å²) >= 11 is 5.83. The van der Waals surface area contributed by atoms with Crippen LogP contribution in [0.25, 0.3) is 0 Å². The fraction of sp³-hybridized carbons (Fsp3) is 0. The summed E-state index contributed by atoms with van der Waals surface area (Å²) in [5.74, 6) is 1.12. The van der Waals surface area contributed by atoms with Crippen LogP contribution in [0.2, 0.25) is 5.02 Å². The zero-order valence-corrected chi connectivity index (χ0v) is 9.11. The maximum Gasteiger partial charge on any atom is 0.145 e. The molecule has 0 saturated carbocycles. The van der Waals surface area contributed by atoms with Crippen molar-refractivity contribution in [2.45, 2.75) is 0 Å². The van der Waals surface area contributed by atoms with Gasteiger partial charge in [0.05, 0.1) is 18.1 Å². The van der Waals surface area contributed by atoms with E-state index in [0.29, 0.717) is 16.5 Å². The zero-order valence-electron chi connectivity index (χ0n) is 8.35. The lowest BCUT2D eigenvalue weighted by Crippen LogP contribution is -1.75. The first-order chi connectivity index (χ1) is 7.78. The van der Waals surface area contributed by atoms with Crippen molar-refractivity contribution < 1.29 is 4.42 Å². The van der Waals surface area contributed by atoms with Crippen LogP contribution < -0.4 is 0 Å². The molecular weight excluding hydrogens is 224 g/mol. The average molecular weight is 233 g/mol. The van der Waals surface area contributed by atoms with E-state index in [4.69, 9.17) is 21.4 Å². The van der Waals surface area contributed by atoms with Crippen molar-refractivity contribution in [3.63, 3.8) is 0 Å². The fourth-order valence-electron chi connectivity index (χ4n) is 1.21. The second-order valence-electron chi connectivity index (χ2n) is 3.12. The molecule has 0 radical (unpaired) electrons. The number of benzene rings is 1. The number of furan rings is 1. The minimum absolute atomic E-state index is 0.507. The lowest BCUT2D eigenvalue weighted by atomic mass is 10.3. The summed E-state index contributed by atoms with van der Waals surface area (Å²) in [6.45, 7) is 0. The molecule has 1 N–H and O–H groups in total. The molecule has 16 heavy (non-hydrogen) atoms. The van der Waals surface area contributed by atoms with E-state index in [1.165, 1.54) is 0 Å². The second kappa shape index (κ2) is 4.77. The molecule has 0 aliphatic heterocycles. The molecule has 0 atom stereocenters. The highest BCUT2D eigenvalue weighted by Gasteiger charge is 1.96. The Kier molecular flexibility index (Phi) is 3.17. The van der Waals surface area contributed by atoms with Crippen LogP contribution in [0.5, 0.6) is 0 Å². The second-order valence-corrected chi connectivity index (χ2v) is 3.56.